The molecule has 8 heteroatoms. The maximum Gasteiger partial charge on any atom is 0.306 e. The van der Waals surface area contributed by atoms with E-state index in [1.165, 1.54) is 0 Å². The molecule has 234 valence electrons. The minimum absolute atomic E-state index is 0.0902. The van der Waals surface area contributed by atoms with E-state index in [0.717, 1.165) is 56.9 Å². The summed E-state index contributed by atoms with van der Waals surface area (Å²) in [6.07, 6.45) is 8.19. The van der Waals surface area contributed by atoms with Crippen LogP contribution in [0.1, 0.15) is 115 Å². The van der Waals surface area contributed by atoms with Crippen molar-refractivity contribution in [2.45, 2.75) is 135 Å². The zero-order valence-electron chi connectivity index (χ0n) is 25.1. The number of ketones is 2. The molecule has 3 aliphatic rings. The van der Waals surface area contributed by atoms with Gasteiger partial charge in [0.1, 0.15) is 12.4 Å². The highest BCUT2D eigenvalue weighted by atomic mass is 19.3. The van der Waals surface area contributed by atoms with Crippen molar-refractivity contribution in [3.05, 3.63) is 35.9 Å². The molecule has 1 saturated heterocycles. The third-order valence-corrected chi connectivity index (χ3v) is 9.58. The van der Waals surface area contributed by atoms with Crippen LogP contribution in [0.15, 0.2) is 30.3 Å². The molecule has 0 radical (unpaired) electrons. The summed E-state index contributed by atoms with van der Waals surface area (Å²) in [6, 6.07) is 9.56. The summed E-state index contributed by atoms with van der Waals surface area (Å²) in [5, 5.41) is 0. The number of hydrogen-bond acceptors (Lipinski definition) is 6. The van der Waals surface area contributed by atoms with Crippen molar-refractivity contribution in [3.63, 3.8) is 0 Å². The molecule has 1 aromatic rings. The summed E-state index contributed by atoms with van der Waals surface area (Å²) in [6.45, 7) is 2.80. The molecule has 6 nitrogen and oxygen atoms in total. The zero-order chi connectivity index (χ0) is 30.0. The molecule has 1 aliphatic heterocycles. The third kappa shape index (κ3) is 9.66. The highest BCUT2D eigenvalue weighted by Crippen LogP contribution is 2.55. The first-order valence-electron chi connectivity index (χ1n) is 16.1. The maximum absolute atomic E-state index is 14.9. The Bertz CT molecular complexity index is 1020. The first-order chi connectivity index (χ1) is 20.2. The molecule has 4 atom stereocenters. The lowest BCUT2D eigenvalue weighted by Crippen LogP contribution is -2.34. The van der Waals surface area contributed by atoms with E-state index in [1.807, 2.05) is 37.3 Å². The summed E-state index contributed by atoms with van der Waals surface area (Å²) >= 11 is 0. The lowest BCUT2D eigenvalue weighted by atomic mass is 9.84. The van der Waals surface area contributed by atoms with Gasteiger partial charge >= 0.3 is 11.9 Å². The minimum Gasteiger partial charge on any atom is -0.461 e. The normalized spacial score (nSPS) is 25.4. The molecular weight excluding hydrogens is 542 g/mol. The summed E-state index contributed by atoms with van der Waals surface area (Å²) in [4.78, 5) is 37.9. The average Bonchev–Trinajstić information content (AvgIpc) is 3.69. The standard InChI is InChI=1S/C34H48F2O6/c1-2-33(19-20-33)24-34(35,36)30(38)18-17-27-26(28(37)22-29(27)42-32-16-10-11-21-40-32)14-8-3-4-9-15-31(39)41-23-25-12-6-5-7-13-25/h5-7,12-13,26-27,29,32H,2-4,8-11,14-24H2,1H3/t26-,27-,29-,32?/m1/s1. The first-order valence-corrected chi connectivity index (χ1v) is 16.1. The van der Waals surface area contributed by atoms with Crippen molar-refractivity contribution >= 4 is 17.5 Å². The molecule has 1 unspecified atom stereocenters. The number of unbranched alkanes of at least 4 members (excludes halogenated alkanes) is 3. The second-order valence-corrected chi connectivity index (χ2v) is 12.7. The van der Waals surface area contributed by atoms with Gasteiger partial charge in [0.15, 0.2) is 6.29 Å². The number of rotatable bonds is 18. The number of hydrogen-bond donors (Lipinski definition) is 0. The van der Waals surface area contributed by atoms with E-state index in [9.17, 15) is 23.2 Å². The van der Waals surface area contributed by atoms with Crippen LogP contribution < -0.4 is 0 Å². The van der Waals surface area contributed by atoms with Crippen molar-refractivity contribution < 1.29 is 37.4 Å². The Kier molecular flexibility index (Phi) is 12.1. The smallest absolute Gasteiger partial charge is 0.306 e. The van der Waals surface area contributed by atoms with Gasteiger partial charge in [-0.25, -0.2) is 0 Å². The molecule has 4 rings (SSSR count). The fraction of sp³-hybridized carbons (Fsp3) is 0.735. The molecule has 42 heavy (non-hydrogen) atoms. The van der Waals surface area contributed by atoms with Crippen LogP contribution in [0.3, 0.4) is 0 Å². The van der Waals surface area contributed by atoms with Crippen LogP contribution in [0, 0.1) is 17.3 Å². The largest absolute Gasteiger partial charge is 0.461 e. The minimum atomic E-state index is -3.32. The summed E-state index contributed by atoms with van der Waals surface area (Å²) in [5.41, 5.74) is 0.574. The Hall–Kier alpha value is -2.19. The average molecular weight is 591 g/mol. The van der Waals surface area contributed by atoms with E-state index < -0.39 is 17.8 Å². The van der Waals surface area contributed by atoms with E-state index in [1.54, 1.807) is 0 Å². The highest BCUT2D eigenvalue weighted by molar-refractivity contribution is 5.86. The first kappa shape index (κ1) is 32.7. The van der Waals surface area contributed by atoms with Gasteiger partial charge < -0.3 is 14.2 Å². The van der Waals surface area contributed by atoms with Crippen LogP contribution in [-0.2, 0) is 35.2 Å². The molecular formula is C34H48F2O6. The molecule has 0 N–H and O–H groups in total. The van der Waals surface area contributed by atoms with E-state index >= 15 is 0 Å². The van der Waals surface area contributed by atoms with E-state index in [0.29, 0.717) is 32.3 Å². The molecule has 0 aromatic heterocycles. The summed E-state index contributed by atoms with van der Waals surface area (Å²) in [5.74, 6) is -5.03. The molecule has 2 aliphatic carbocycles. The van der Waals surface area contributed by atoms with Gasteiger partial charge in [-0.1, -0.05) is 62.9 Å². The van der Waals surface area contributed by atoms with Gasteiger partial charge in [-0.15, -0.1) is 0 Å². The van der Waals surface area contributed by atoms with Crippen molar-refractivity contribution in [2.24, 2.45) is 17.3 Å². The number of Topliss-reactive ketones (excluding diaryl/α,β-unsaturated/α-hetero) is 2. The lowest BCUT2D eigenvalue weighted by Gasteiger charge is -2.30. The number of benzene rings is 1. The van der Waals surface area contributed by atoms with E-state index in [4.69, 9.17) is 14.2 Å². The quantitative estimate of drug-likeness (QED) is 0.128. The van der Waals surface area contributed by atoms with Gasteiger partial charge in [0.05, 0.1) is 6.10 Å². The third-order valence-electron chi connectivity index (χ3n) is 9.58. The monoisotopic (exact) mass is 590 g/mol. The topological polar surface area (TPSA) is 78.9 Å². The van der Waals surface area contributed by atoms with Crippen molar-refractivity contribution in [2.75, 3.05) is 6.61 Å². The number of carbonyl (C=O) groups excluding carboxylic acids is 3. The predicted molar refractivity (Wildman–Crippen MR) is 155 cm³/mol. The Labute approximate surface area is 249 Å². The van der Waals surface area contributed by atoms with Crippen LogP contribution in [-0.4, -0.2) is 42.5 Å². The highest BCUT2D eigenvalue weighted by Gasteiger charge is 2.52. The van der Waals surface area contributed by atoms with Gasteiger partial charge in [-0.05, 0) is 68.3 Å². The number of halogens is 2. The van der Waals surface area contributed by atoms with Crippen LogP contribution in [0.25, 0.3) is 0 Å². The molecule has 0 amide bonds. The summed E-state index contributed by atoms with van der Waals surface area (Å²) in [7, 11) is 0. The van der Waals surface area contributed by atoms with Gasteiger partial charge in [0.2, 0.25) is 5.78 Å². The van der Waals surface area contributed by atoms with Gasteiger partial charge in [-0.3, -0.25) is 14.4 Å². The van der Waals surface area contributed by atoms with Gasteiger partial charge in [0, 0.05) is 38.2 Å². The van der Waals surface area contributed by atoms with Crippen LogP contribution in [0.2, 0.25) is 0 Å². The van der Waals surface area contributed by atoms with E-state index in [2.05, 4.69) is 0 Å². The Morgan fingerprint density at radius 1 is 1.02 bits per heavy atom. The molecule has 2 saturated carbocycles. The molecule has 1 aromatic carbocycles. The Morgan fingerprint density at radius 2 is 1.79 bits per heavy atom. The second kappa shape index (κ2) is 15.5. The van der Waals surface area contributed by atoms with Crippen molar-refractivity contribution in [3.8, 4) is 0 Å². The Balaban J connectivity index is 1.23. The molecule has 0 spiro atoms. The number of ether oxygens (including phenoxy) is 3. The molecule has 0 bridgehead atoms. The van der Waals surface area contributed by atoms with Gasteiger partial charge in [-0.2, -0.15) is 8.78 Å². The fourth-order valence-corrected chi connectivity index (χ4v) is 6.60. The fourth-order valence-electron chi connectivity index (χ4n) is 6.60. The van der Waals surface area contributed by atoms with Crippen LogP contribution in [0.5, 0.6) is 0 Å². The summed E-state index contributed by atoms with van der Waals surface area (Å²) < 4.78 is 47.0. The van der Waals surface area contributed by atoms with Crippen molar-refractivity contribution in [1.29, 1.82) is 0 Å². The van der Waals surface area contributed by atoms with Crippen molar-refractivity contribution in [1.82, 2.24) is 0 Å². The predicted octanol–water partition coefficient (Wildman–Crippen LogP) is 7.75. The SMILES string of the molecule is CCC1(CC(F)(F)C(=O)CC[C@H]2[C@H](OC3CCCCO3)CC(=O)[C@@H]2CCCCCCC(=O)OCc2ccccc2)CC1. The second-order valence-electron chi connectivity index (χ2n) is 12.7. The van der Waals surface area contributed by atoms with Crippen LogP contribution in [0.4, 0.5) is 8.78 Å². The number of carbonyl (C=O) groups is 3. The molecule has 1 heterocycles. The van der Waals surface area contributed by atoms with E-state index in [-0.39, 0.29) is 67.6 Å². The van der Waals surface area contributed by atoms with Crippen LogP contribution >= 0.6 is 0 Å². The Morgan fingerprint density at radius 3 is 2.48 bits per heavy atom. The molecule has 3 fully saturated rings. The lowest BCUT2D eigenvalue weighted by molar-refractivity contribution is -0.196. The number of esters is 1. The number of alkyl halides is 2. The maximum atomic E-state index is 14.9. The zero-order valence-corrected chi connectivity index (χ0v) is 25.1. The van der Waals surface area contributed by atoms with Gasteiger partial charge in [0.25, 0.3) is 0 Å².